The number of hydrogen-bond acceptors (Lipinski definition) is 5. The molecule has 0 bridgehead atoms. The van der Waals surface area contributed by atoms with E-state index >= 15 is 0 Å². The van der Waals surface area contributed by atoms with Crippen LogP contribution in [0.3, 0.4) is 0 Å². The first kappa shape index (κ1) is 17.7. The zero-order valence-electron chi connectivity index (χ0n) is 13.7. The highest BCUT2D eigenvalue weighted by Crippen LogP contribution is 2.24. The van der Waals surface area contributed by atoms with Gasteiger partial charge in [-0.15, -0.1) is 4.40 Å². The number of amides is 1. The van der Waals surface area contributed by atoms with Crippen LogP contribution in [0.15, 0.2) is 28.3 Å². The Morgan fingerprint density at radius 1 is 1.20 bits per heavy atom. The molecule has 0 spiro atoms. The van der Waals surface area contributed by atoms with Gasteiger partial charge in [-0.2, -0.15) is 0 Å². The van der Waals surface area contributed by atoms with E-state index in [-0.39, 0.29) is 18.2 Å². The lowest BCUT2D eigenvalue weighted by atomic mass is 9.94. The largest absolute Gasteiger partial charge is 0.481 e. The Balaban J connectivity index is 1.72. The number of amidine groups is 1. The quantitative estimate of drug-likeness (QED) is 0.707. The molecule has 0 aromatic carbocycles. The molecule has 0 radical (unpaired) electrons. The highest BCUT2D eigenvalue weighted by molar-refractivity contribution is 7.90. The Labute approximate surface area is 146 Å². The van der Waals surface area contributed by atoms with Crippen LogP contribution in [-0.4, -0.2) is 54.5 Å². The van der Waals surface area contributed by atoms with Crippen LogP contribution in [0.5, 0.6) is 0 Å². The van der Waals surface area contributed by atoms with E-state index in [9.17, 15) is 23.1 Å². The molecule has 0 aromatic rings. The van der Waals surface area contributed by atoms with Gasteiger partial charge in [0.2, 0.25) is 0 Å². The molecule has 0 aromatic heterocycles. The normalized spacial score (nSPS) is 28.2. The summed E-state index contributed by atoms with van der Waals surface area (Å²) < 4.78 is 26.7. The highest BCUT2D eigenvalue weighted by Gasteiger charge is 2.32. The third kappa shape index (κ3) is 4.09. The van der Waals surface area contributed by atoms with E-state index in [2.05, 4.69) is 9.71 Å². The van der Waals surface area contributed by atoms with Gasteiger partial charge < -0.3 is 15.3 Å². The monoisotopic (exact) mass is 367 g/mol. The number of carbonyl (C=O) groups is 2. The van der Waals surface area contributed by atoms with E-state index in [1.165, 1.54) is 12.2 Å². The molecule has 0 unspecified atom stereocenters. The smallest absolute Gasteiger partial charge is 0.308 e. The SMILES string of the molecule is O=C(N[C@H]1CCCCC[C@H]1C(=O)O)C1=CN2CCS(=O)(=O)N=C2C=C1. The van der Waals surface area contributed by atoms with E-state index < -0.39 is 28.0 Å². The number of carbonyl (C=O) groups excluding carboxylic acids is 1. The molecule has 0 saturated heterocycles. The zero-order chi connectivity index (χ0) is 18.0. The fourth-order valence-electron chi connectivity index (χ4n) is 3.36. The molecular formula is C16H21N3O5S. The van der Waals surface area contributed by atoms with Crippen LogP contribution < -0.4 is 5.32 Å². The number of carboxylic acid groups (broad SMARTS) is 1. The van der Waals surface area contributed by atoms with Crippen molar-refractivity contribution in [3.8, 4) is 0 Å². The summed E-state index contributed by atoms with van der Waals surface area (Å²) >= 11 is 0. The minimum atomic E-state index is -3.43. The molecular weight excluding hydrogens is 346 g/mol. The van der Waals surface area contributed by atoms with Crippen LogP contribution in [0.1, 0.15) is 32.1 Å². The van der Waals surface area contributed by atoms with Gasteiger partial charge in [-0.1, -0.05) is 19.3 Å². The lowest BCUT2D eigenvalue weighted by Crippen LogP contribution is -2.44. The molecule has 3 rings (SSSR count). The number of nitrogens with one attached hydrogen (secondary N) is 1. The van der Waals surface area contributed by atoms with E-state index in [0.717, 1.165) is 19.3 Å². The molecule has 3 aliphatic rings. The predicted molar refractivity (Wildman–Crippen MR) is 91.3 cm³/mol. The standard InChI is InChI=1S/C16H21N3O5S/c20-15(17-13-5-3-1-2-4-12(13)16(21)22)11-6-7-14-18-25(23,24)9-8-19(14)10-11/h6-7,10,12-13H,1-5,8-9H2,(H,17,20)(H,21,22)/t12-,13+/m1/s1. The molecule has 1 amide bonds. The van der Waals surface area contributed by atoms with Crippen LogP contribution in [0.25, 0.3) is 0 Å². The fraction of sp³-hybridized carbons (Fsp3) is 0.562. The van der Waals surface area contributed by atoms with Crippen LogP contribution >= 0.6 is 0 Å². The Bertz CT molecular complexity index is 769. The lowest BCUT2D eigenvalue weighted by molar-refractivity contribution is -0.143. The third-order valence-electron chi connectivity index (χ3n) is 4.74. The fourth-order valence-corrected chi connectivity index (χ4v) is 4.33. The van der Waals surface area contributed by atoms with Gasteiger partial charge in [-0.05, 0) is 25.0 Å². The first-order valence-electron chi connectivity index (χ1n) is 8.38. The maximum Gasteiger partial charge on any atom is 0.308 e. The van der Waals surface area contributed by atoms with Crippen molar-refractivity contribution in [2.45, 2.75) is 38.1 Å². The number of aliphatic carboxylic acids is 1. The van der Waals surface area contributed by atoms with Gasteiger partial charge in [0, 0.05) is 18.8 Å². The Morgan fingerprint density at radius 2 is 1.96 bits per heavy atom. The molecule has 1 saturated carbocycles. The summed E-state index contributed by atoms with van der Waals surface area (Å²) in [5.41, 5.74) is 0.367. The van der Waals surface area contributed by atoms with Crippen molar-refractivity contribution in [3.05, 3.63) is 23.9 Å². The summed E-state index contributed by atoms with van der Waals surface area (Å²) in [4.78, 5) is 25.6. The first-order valence-corrected chi connectivity index (χ1v) is 9.99. The number of nitrogens with zero attached hydrogens (tertiary/aromatic N) is 2. The van der Waals surface area contributed by atoms with Gasteiger partial charge in [0.15, 0.2) is 0 Å². The molecule has 9 heteroatoms. The van der Waals surface area contributed by atoms with E-state index in [1.807, 2.05) is 0 Å². The number of carboxylic acids is 1. The molecule has 25 heavy (non-hydrogen) atoms. The summed E-state index contributed by atoms with van der Waals surface area (Å²) in [6.45, 7) is 0.240. The molecule has 2 aliphatic heterocycles. The van der Waals surface area contributed by atoms with Crippen LogP contribution in [-0.2, 0) is 19.6 Å². The second kappa shape index (κ2) is 6.99. The van der Waals surface area contributed by atoms with Crippen molar-refractivity contribution in [3.63, 3.8) is 0 Å². The summed E-state index contributed by atoms with van der Waals surface area (Å²) in [6.07, 6.45) is 8.50. The van der Waals surface area contributed by atoms with Crippen LogP contribution in [0.4, 0.5) is 0 Å². The molecule has 2 heterocycles. The molecule has 2 atom stereocenters. The third-order valence-corrected chi connectivity index (χ3v) is 5.90. The lowest BCUT2D eigenvalue weighted by Gasteiger charge is -2.28. The Kier molecular flexibility index (Phi) is 4.94. The van der Waals surface area contributed by atoms with Gasteiger partial charge in [0.05, 0.1) is 17.2 Å². The molecule has 1 fully saturated rings. The maximum absolute atomic E-state index is 12.5. The molecule has 8 nitrogen and oxygen atoms in total. The first-order chi connectivity index (χ1) is 11.9. The molecule has 136 valence electrons. The van der Waals surface area contributed by atoms with Gasteiger partial charge in [0.25, 0.3) is 15.9 Å². The second-order valence-electron chi connectivity index (χ2n) is 6.51. The summed E-state index contributed by atoms with van der Waals surface area (Å²) in [5.74, 6) is -1.60. The van der Waals surface area contributed by atoms with Gasteiger partial charge >= 0.3 is 5.97 Å². The van der Waals surface area contributed by atoms with Gasteiger partial charge in [-0.25, -0.2) is 8.42 Å². The van der Waals surface area contributed by atoms with Crippen molar-refractivity contribution in [1.82, 2.24) is 10.2 Å². The maximum atomic E-state index is 12.5. The minimum absolute atomic E-state index is 0.0978. The van der Waals surface area contributed by atoms with Crippen LogP contribution in [0.2, 0.25) is 0 Å². The molecule has 2 N–H and O–H groups in total. The summed E-state index contributed by atoms with van der Waals surface area (Å²) in [7, 11) is -3.43. The number of rotatable bonds is 3. The Hall–Kier alpha value is -2.16. The number of fused-ring (bicyclic) bond motifs is 1. The van der Waals surface area contributed by atoms with Crippen molar-refractivity contribution in [2.75, 3.05) is 12.3 Å². The Morgan fingerprint density at radius 3 is 2.72 bits per heavy atom. The zero-order valence-corrected chi connectivity index (χ0v) is 14.5. The van der Waals surface area contributed by atoms with Crippen LogP contribution in [0, 0.1) is 5.92 Å². The summed E-state index contributed by atoms with van der Waals surface area (Å²) in [6, 6.07) is -0.390. The number of hydrogen-bond donors (Lipinski definition) is 2. The average Bonchev–Trinajstić information content (AvgIpc) is 2.79. The highest BCUT2D eigenvalue weighted by atomic mass is 32.2. The predicted octanol–water partition coefficient (Wildman–Crippen LogP) is 0.634. The number of sulfonamides is 1. The van der Waals surface area contributed by atoms with E-state index in [1.54, 1.807) is 11.1 Å². The topological polar surface area (TPSA) is 116 Å². The van der Waals surface area contributed by atoms with E-state index in [4.69, 9.17) is 0 Å². The van der Waals surface area contributed by atoms with Crippen molar-refractivity contribution >= 4 is 27.7 Å². The van der Waals surface area contributed by atoms with E-state index in [0.29, 0.717) is 24.3 Å². The van der Waals surface area contributed by atoms with Crippen molar-refractivity contribution in [1.29, 1.82) is 0 Å². The minimum Gasteiger partial charge on any atom is -0.481 e. The second-order valence-corrected chi connectivity index (χ2v) is 8.26. The molecule has 1 aliphatic carbocycles. The average molecular weight is 367 g/mol. The van der Waals surface area contributed by atoms with Gasteiger partial charge in [-0.3, -0.25) is 9.59 Å². The van der Waals surface area contributed by atoms with Crippen molar-refractivity contribution in [2.24, 2.45) is 10.3 Å². The van der Waals surface area contributed by atoms with Gasteiger partial charge in [0.1, 0.15) is 5.84 Å². The summed E-state index contributed by atoms with van der Waals surface area (Å²) in [5, 5.41) is 12.2. The van der Waals surface area contributed by atoms with Crippen molar-refractivity contribution < 1.29 is 23.1 Å².